The number of ketones is 1. The molecule has 2 aromatic heterocycles. The average molecular weight is 303 g/mol. The van der Waals surface area contributed by atoms with Gasteiger partial charge in [0.1, 0.15) is 0 Å². The average Bonchev–Trinajstić information content (AvgIpc) is 3.12. The van der Waals surface area contributed by atoms with E-state index in [1.807, 2.05) is 48.5 Å². The van der Waals surface area contributed by atoms with Crippen LogP contribution in [-0.4, -0.2) is 16.3 Å². The molecule has 0 aliphatic rings. The molecule has 0 aliphatic carbocycles. The fraction of sp³-hybridized carbons (Fsp3) is 0.100. The van der Waals surface area contributed by atoms with Crippen LogP contribution in [0.5, 0.6) is 0 Å². The smallest absolute Gasteiger partial charge is 0.258 e. The van der Waals surface area contributed by atoms with Crippen molar-refractivity contribution in [3.05, 3.63) is 72.3 Å². The number of allylic oxidation sites excluding steroid dienone is 3. The molecule has 2 heterocycles. The number of carbonyl (C=O) groups is 2. The number of hydrogen-bond acceptors (Lipinski definition) is 2. The Morgan fingerprint density at radius 3 is 2.39 bits per heavy atom. The Hall–Kier alpha value is -2.94. The molecule has 0 radical (unpaired) electrons. The van der Waals surface area contributed by atoms with E-state index in [2.05, 4.69) is 6.58 Å². The number of aromatic nitrogens is 1. The molecule has 3 rings (SSSR count). The van der Waals surface area contributed by atoms with Crippen molar-refractivity contribution in [3.63, 3.8) is 0 Å². The zero-order valence-corrected chi connectivity index (χ0v) is 13.2. The lowest BCUT2D eigenvalue weighted by Crippen LogP contribution is -2.11. The van der Waals surface area contributed by atoms with Crippen LogP contribution in [0.2, 0.25) is 0 Å². The predicted molar refractivity (Wildman–Crippen MR) is 92.8 cm³/mol. The summed E-state index contributed by atoms with van der Waals surface area (Å²) in [6, 6.07) is 15.8. The molecular weight excluding hydrogens is 286 g/mol. The zero-order chi connectivity index (χ0) is 16.6. The lowest BCUT2D eigenvalue weighted by atomic mass is 10.1. The zero-order valence-electron chi connectivity index (χ0n) is 13.2. The van der Waals surface area contributed by atoms with Crippen LogP contribution < -0.4 is 0 Å². The van der Waals surface area contributed by atoms with Gasteiger partial charge in [0, 0.05) is 16.7 Å². The number of nitrogens with zero attached hydrogens (tertiary/aromatic N) is 1. The second-order valence-corrected chi connectivity index (χ2v) is 5.68. The normalized spacial score (nSPS) is 11.8. The van der Waals surface area contributed by atoms with E-state index in [1.54, 1.807) is 18.4 Å². The highest BCUT2D eigenvalue weighted by Crippen LogP contribution is 2.32. The quantitative estimate of drug-likeness (QED) is 0.667. The van der Waals surface area contributed by atoms with Gasteiger partial charge >= 0.3 is 0 Å². The lowest BCUT2D eigenvalue weighted by Gasteiger charge is -2.04. The van der Waals surface area contributed by atoms with Gasteiger partial charge in [-0.3, -0.25) is 14.2 Å². The van der Waals surface area contributed by atoms with Crippen LogP contribution in [0.1, 0.15) is 18.6 Å². The molecule has 3 nitrogen and oxygen atoms in total. The van der Waals surface area contributed by atoms with Gasteiger partial charge in [0.25, 0.3) is 5.91 Å². The Labute approximate surface area is 134 Å². The molecule has 0 saturated heterocycles. The van der Waals surface area contributed by atoms with Gasteiger partial charge in [-0.1, -0.05) is 36.9 Å². The Balaban J connectivity index is 2.03. The van der Waals surface area contributed by atoms with Gasteiger partial charge in [0.2, 0.25) is 0 Å². The van der Waals surface area contributed by atoms with Gasteiger partial charge in [0.15, 0.2) is 5.78 Å². The van der Waals surface area contributed by atoms with Gasteiger partial charge < -0.3 is 0 Å². The minimum Gasteiger partial charge on any atom is -0.290 e. The van der Waals surface area contributed by atoms with Crippen LogP contribution in [0.15, 0.2) is 72.3 Å². The van der Waals surface area contributed by atoms with Gasteiger partial charge in [-0.25, -0.2) is 0 Å². The SMILES string of the molecule is C=C(C)C(=O)/C=C(\C)C(=O)n1c2ccc1c(-c1ccccc1)c2. The fourth-order valence-corrected chi connectivity index (χ4v) is 2.63. The molecule has 23 heavy (non-hydrogen) atoms. The van der Waals surface area contributed by atoms with Crippen LogP contribution in [0.3, 0.4) is 0 Å². The number of rotatable bonds is 4. The third-order valence-corrected chi connectivity index (χ3v) is 3.87. The van der Waals surface area contributed by atoms with E-state index >= 15 is 0 Å². The molecule has 0 unspecified atom stereocenters. The van der Waals surface area contributed by atoms with Crippen molar-refractivity contribution in [1.82, 2.24) is 4.57 Å². The van der Waals surface area contributed by atoms with Crippen LogP contribution in [0.4, 0.5) is 0 Å². The van der Waals surface area contributed by atoms with E-state index in [0.29, 0.717) is 11.1 Å². The van der Waals surface area contributed by atoms with E-state index in [9.17, 15) is 9.59 Å². The summed E-state index contributed by atoms with van der Waals surface area (Å²) in [5.41, 5.74) is 4.60. The van der Waals surface area contributed by atoms with Crippen molar-refractivity contribution >= 4 is 22.7 Å². The molecule has 3 heteroatoms. The van der Waals surface area contributed by atoms with E-state index in [4.69, 9.17) is 0 Å². The highest BCUT2D eigenvalue weighted by molar-refractivity contribution is 6.12. The summed E-state index contributed by atoms with van der Waals surface area (Å²) in [4.78, 5) is 24.4. The second kappa shape index (κ2) is 5.69. The lowest BCUT2D eigenvalue weighted by molar-refractivity contribution is -0.111. The number of fused-ring (bicyclic) bond motifs is 2. The van der Waals surface area contributed by atoms with Crippen molar-refractivity contribution in [3.8, 4) is 11.1 Å². The minimum atomic E-state index is -0.221. The van der Waals surface area contributed by atoms with E-state index in [0.717, 1.165) is 22.2 Å². The largest absolute Gasteiger partial charge is 0.290 e. The molecule has 0 atom stereocenters. The van der Waals surface area contributed by atoms with Crippen molar-refractivity contribution in [1.29, 1.82) is 0 Å². The summed E-state index contributed by atoms with van der Waals surface area (Å²) >= 11 is 0. The van der Waals surface area contributed by atoms with Crippen LogP contribution >= 0.6 is 0 Å². The summed E-state index contributed by atoms with van der Waals surface area (Å²) in [7, 11) is 0. The maximum atomic E-state index is 12.7. The summed E-state index contributed by atoms with van der Waals surface area (Å²) in [5, 5.41) is 0. The molecule has 0 aliphatic heterocycles. The maximum Gasteiger partial charge on any atom is 0.258 e. The Bertz CT molecular complexity index is 929. The molecule has 3 aromatic rings. The molecule has 1 aromatic carbocycles. The Kier molecular flexibility index (Phi) is 3.70. The van der Waals surface area contributed by atoms with Crippen molar-refractivity contribution in [2.75, 3.05) is 0 Å². The first kappa shape index (κ1) is 15.0. The molecule has 0 N–H and O–H groups in total. The summed E-state index contributed by atoms with van der Waals surface area (Å²) in [6.45, 7) is 6.90. The van der Waals surface area contributed by atoms with Crippen LogP contribution in [0.25, 0.3) is 22.2 Å². The van der Waals surface area contributed by atoms with Crippen LogP contribution in [0, 0.1) is 0 Å². The van der Waals surface area contributed by atoms with Crippen molar-refractivity contribution in [2.45, 2.75) is 13.8 Å². The number of carbonyl (C=O) groups excluding carboxylic acids is 2. The molecular formula is C20H17NO2. The highest BCUT2D eigenvalue weighted by atomic mass is 16.2. The van der Waals surface area contributed by atoms with Crippen LogP contribution in [-0.2, 0) is 4.79 Å². The topological polar surface area (TPSA) is 39.1 Å². The predicted octanol–water partition coefficient (Wildman–Crippen LogP) is 4.48. The van der Waals surface area contributed by atoms with E-state index in [-0.39, 0.29) is 11.7 Å². The molecule has 0 saturated carbocycles. The Morgan fingerprint density at radius 2 is 1.74 bits per heavy atom. The molecule has 0 fully saturated rings. The summed E-state index contributed by atoms with van der Waals surface area (Å²) in [6.07, 6.45) is 1.35. The third kappa shape index (κ3) is 2.61. The van der Waals surface area contributed by atoms with Gasteiger partial charge in [-0.05, 0) is 49.3 Å². The molecule has 0 amide bonds. The standard InChI is InChI=1S/C20H17NO2/c1-13(2)19(22)11-14(3)20(23)21-16-9-10-18(21)17(12-16)15-7-5-4-6-8-15/h4-12H,1H2,2-3H3/b14-11+. The molecule has 114 valence electrons. The first-order valence-electron chi connectivity index (χ1n) is 7.41. The molecule has 2 bridgehead atoms. The van der Waals surface area contributed by atoms with Crippen molar-refractivity contribution in [2.24, 2.45) is 0 Å². The van der Waals surface area contributed by atoms with Gasteiger partial charge in [0.05, 0.1) is 5.52 Å². The van der Waals surface area contributed by atoms with E-state index in [1.165, 1.54) is 6.08 Å². The second-order valence-electron chi connectivity index (χ2n) is 5.68. The van der Waals surface area contributed by atoms with Gasteiger partial charge in [-0.15, -0.1) is 0 Å². The first-order valence-corrected chi connectivity index (χ1v) is 7.41. The fourth-order valence-electron chi connectivity index (χ4n) is 2.63. The van der Waals surface area contributed by atoms with E-state index < -0.39 is 0 Å². The third-order valence-electron chi connectivity index (χ3n) is 3.87. The number of benzene rings is 2. The number of hydrogen-bond donors (Lipinski definition) is 0. The Morgan fingerprint density at radius 1 is 1.04 bits per heavy atom. The first-order chi connectivity index (χ1) is 11.0. The maximum absolute atomic E-state index is 12.7. The summed E-state index contributed by atoms with van der Waals surface area (Å²) < 4.78 is 1.65. The highest BCUT2D eigenvalue weighted by Gasteiger charge is 2.19. The van der Waals surface area contributed by atoms with Gasteiger partial charge in [-0.2, -0.15) is 0 Å². The van der Waals surface area contributed by atoms with Crippen molar-refractivity contribution < 1.29 is 9.59 Å². The minimum absolute atomic E-state index is 0.184. The monoisotopic (exact) mass is 303 g/mol. The summed E-state index contributed by atoms with van der Waals surface area (Å²) in [5.74, 6) is -0.404. The molecule has 0 spiro atoms.